The maximum atomic E-state index is 6.26. The van der Waals surface area contributed by atoms with Crippen LogP contribution in [0, 0.1) is 6.92 Å². The van der Waals surface area contributed by atoms with Crippen molar-refractivity contribution in [2.24, 2.45) is 12.8 Å². The first-order valence-electron chi connectivity index (χ1n) is 6.73. The molecule has 0 aliphatic carbocycles. The molecule has 2 rings (SSSR count). The molecule has 21 heavy (non-hydrogen) atoms. The highest BCUT2D eigenvalue weighted by molar-refractivity contribution is 9.10. The third kappa shape index (κ3) is 3.99. The van der Waals surface area contributed by atoms with Crippen molar-refractivity contribution in [3.8, 4) is 5.75 Å². The SMILES string of the molecule is Cc1nn(C)c(COc2ccc(CC(C)N)cc2Cl)c1Br. The lowest BCUT2D eigenvalue weighted by molar-refractivity contribution is 0.294. The highest BCUT2D eigenvalue weighted by Crippen LogP contribution is 2.28. The summed E-state index contributed by atoms with van der Waals surface area (Å²) in [7, 11) is 1.89. The summed E-state index contributed by atoms with van der Waals surface area (Å²) >= 11 is 9.79. The van der Waals surface area contributed by atoms with Gasteiger partial charge in [-0.25, -0.2) is 0 Å². The molecule has 0 amide bonds. The lowest BCUT2D eigenvalue weighted by atomic mass is 10.1. The highest BCUT2D eigenvalue weighted by Gasteiger charge is 2.12. The average molecular weight is 373 g/mol. The van der Waals surface area contributed by atoms with E-state index in [0.29, 0.717) is 17.4 Å². The van der Waals surface area contributed by atoms with Crippen LogP contribution in [0.15, 0.2) is 22.7 Å². The van der Waals surface area contributed by atoms with E-state index in [-0.39, 0.29) is 6.04 Å². The molecular formula is C15H19BrClN3O. The zero-order valence-corrected chi connectivity index (χ0v) is 14.7. The Morgan fingerprint density at radius 3 is 2.71 bits per heavy atom. The lowest BCUT2D eigenvalue weighted by Crippen LogP contribution is -2.17. The van der Waals surface area contributed by atoms with Crippen LogP contribution in [-0.2, 0) is 20.1 Å². The molecule has 0 spiro atoms. The third-order valence-corrected chi connectivity index (χ3v) is 4.51. The Kier molecular flexibility index (Phi) is 5.30. The molecule has 2 N–H and O–H groups in total. The molecule has 114 valence electrons. The van der Waals surface area contributed by atoms with Gasteiger partial charge in [-0.2, -0.15) is 5.10 Å². The van der Waals surface area contributed by atoms with Crippen LogP contribution in [0.2, 0.25) is 5.02 Å². The van der Waals surface area contributed by atoms with Gasteiger partial charge in [0.05, 0.1) is 20.9 Å². The first-order chi connectivity index (χ1) is 9.88. The Hall–Kier alpha value is -1.04. The van der Waals surface area contributed by atoms with E-state index < -0.39 is 0 Å². The van der Waals surface area contributed by atoms with E-state index in [1.54, 1.807) is 4.68 Å². The van der Waals surface area contributed by atoms with Gasteiger partial charge in [0.2, 0.25) is 0 Å². The number of nitrogens with two attached hydrogens (primary N) is 1. The average Bonchev–Trinajstić information content (AvgIpc) is 2.62. The Balaban J connectivity index is 2.10. The minimum absolute atomic E-state index is 0.112. The van der Waals surface area contributed by atoms with Crippen LogP contribution in [0.5, 0.6) is 5.75 Å². The van der Waals surface area contributed by atoms with Crippen molar-refractivity contribution in [2.75, 3.05) is 0 Å². The Morgan fingerprint density at radius 2 is 2.19 bits per heavy atom. The second-order valence-electron chi connectivity index (χ2n) is 5.20. The summed E-state index contributed by atoms with van der Waals surface area (Å²) in [4.78, 5) is 0. The van der Waals surface area contributed by atoms with E-state index in [1.807, 2.05) is 39.1 Å². The van der Waals surface area contributed by atoms with Gasteiger partial charge in [-0.15, -0.1) is 0 Å². The van der Waals surface area contributed by atoms with E-state index in [0.717, 1.165) is 27.8 Å². The van der Waals surface area contributed by atoms with Gasteiger partial charge >= 0.3 is 0 Å². The predicted molar refractivity (Wildman–Crippen MR) is 88.8 cm³/mol. The van der Waals surface area contributed by atoms with Gasteiger partial charge in [0.15, 0.2) is 0 Å². The van der Waals surface area contributed by atoms with Crippen molar-refractivity contribution in [3.05, 3.63) is 44.6 Å². The molecule has 0 saturated heterocycles. The van der Waals surface area contributed by atoms with E-state index >= 15 is 0 Å². The van der Waals surface area contributed by atoms with Gasteiger partial charge in [-0.3, -0.25) is 4.68 Å². The molecule has 4 nitrogen and oxygen atoms in total. The standard InChI is InChI=1S/C15H19BrClN3O/c1-9(18)6-11-4-5-14(12(17)7-11)21-8-13-15(16)10(2)19-20(13)3/h4-5,7,9H,6,8,18H2,1-3H3. The molecule has 1 unspecified atom stereocenters. The van der Waals surface area contributed by atoms with Crippen molar-refractivity contribution in [1.82, 2.24) is 9.78 Å². The van der Waals surface area contributed by atoms with Crippen LogP contribution < -0.4 is 10.5 Å². The van der Waals surface area contributed by atoms with Crippen molar-refractivity contribution in [3.63, 3.8) is 0 Å². The molecule has 0 radical (unpaired) electrons. The fourth-order valence-corrected chi connectivity index (χ4v) is 2.85. The Labute approximate surface area is 138 Å². The number of aryl methyl sites for hydroxylation is 2. The normalized spacial score (nSPS) is 12.5. The molecule has 0 fully saturated rings. The van der Waals surface area contributed by atoms with Crippen molar-refractivity contribution in [2.45, 2.75) is 32.9 Å². The number of benzene rings is 1. The highest BCUT2D eigenvalue weighted by atomic mass is 79.9. The number of ether oxygens (including phenoxy) is 1. The quantitative estimate of drug-likeness (QED) is 0.872. The number of nitrogens with zero attached hydrogens (tertiary/aromatic N) is 2. The van der Waals surface area contributed by atoms with E-state index in [2.05, 4.69) is 21.0 Å². The van der Waals surface area contributed by atoms with Crippen LogP contribution in [0.25, 0.3) is 0 Å². The molecule has 2 aromatic rings. The van der Waals surface area contributed by atoms with E-state index in [9.17, 15) is 0 Å². The summed E-state index contributed by atoms with van der Waals surface area (Å²) in [5, 5.41) is 4.94. The summed E-state index contributed by atoms with van der Waals surface area (Å²) in [6, 6.07) is 5.90. The van der Waals surface area contributed by atoms with Crippen LogP contribution in [0.4, 0.5) is 0 Å². The molecule has 0 aliphatic rings. The molecule has 1 heterocycles. The summed E-state index contributed by atoms with van der Waals surface area (Å²) in [5.74, 6) is 0.663. The first kappa shape index (κ1) is 16.3. The molecule has 0 bridgehead atoms. The van der Waals surface area contributed by atoms with Gasteiger partial charge in [-0.05, 0) is 53.9 Å². The van der Waals surface area contributed by atoms with Gasteiger partial charge in [0, 0.05) is 13.1 Å². The number of rotatable bonds is 5. The van der Waals surface area contributed by atoms with Crippen molar-refractivity contribution >= 4 is 27.5 Å². The van der Waals surface area contributed by atoms with Crippen LogP contribution in [0.3, 0.4) is 0 Å². The van der Waals surface area contributed by atoms with Crippen molar-refractivity contribution < 1.29 is 4.74 Å². The molecular weight excluding hydrogens is 354 g/mol. The molecule has 1 aromatic heterocycles. The first-order valence-corrected chi connectivity index (χ1v) is 7.90. The van der Waals surface area contributed by atoms with Crippen LogP contribution >= 0.6 is 27.5 Å². The zero-order valence-electron chi connectivity index (χ0n) is 12.4. The van der Waals surface area contributed by atoms with E-state index in [4.69, 9.17) is 22.1 Å². The lowest BCUT2D eigenvalue weighted by Gasteiger charge is -2.11. The smallest absolute Gasteiger partial charge is 0.138 e. The van der Waals surface area contributed by atoms with Crippen LogP contribution in [0.1, 0.15) is 23.9 Å². The summed E-state index contributed by atoms with van der Waals surface area (Å²) in [6.45, 7) is 4.33. The minimum atomic E-state index is 0.112. The summed E-state index contributed by atoms with van der Waals surface area (Å²) < 4.78 is 8.57. The number of aromatic nitrogens is 2. The minimum Gasteiger partial charge on any atom is -0.486 e. The second kappa shape index (κ2) is 6.81. The molecule has 0 saturated carbocycles. The van der Waals surface area contributed by atoms with Gasteiger partial charge < -0.3 is 10.5 Å². The van der Waals surface area contributed by atoms with Gasteiger partial charge in [0.1, 0.15) is 12.4 Å². The second-order valence-corrected chi connectivity index (χ2v) is 6.40. The van der Waals surface area contributed by atoms with Crippen molar-refractivity contribution in [1.29, 1.82) is 0 Å². The number of hydrogen-bond donors (Lipinski definition) is 1. The monoisotopic (exact) mass is 371 g/mol. The molecule has 1 aromatic carbocycles. The van der Waals surface area contributed by atoms with Crippen LogP contribution in [-0.4, -0.2) is 15.8 Å². The number of halogens is 2. The Bertz CT molecular complexity index is 640. The van der Waals surface area contributed by atoms with E-state index in [1.165, 1.54) is 0 Å². The van der Waals surface area contributed by atoms with Gasteiger partial charge in [0.25, 0.3) is 0 Å². The largest absolute Gasteiger partial charge is 0.486 e. The Morgan fingerprint density at radius 1 is 1.48 bits per heavy atom. The maximum Gasteiger partial charge on any atom is 0.138 e. The summed E-state index contributed by atoms with van der Waals surface area (Å²) in [5.41, 5.74) is 8.82. The fourth-order valence-electron chi connectivity index (χ4n) is 2.14. The molecule has 0 aliphatic heterocycles. The third-order valence-electron chi connectivity index (χ3n) is 3.18. The fraction of sp³-hybridized carbons (Fsp3) is 0.400. The topological polar surface area (TPSA) is 53.1 Å². The maximum absolute atomic E-state index is 6.26. The molecule has 1 atom stereocenters. The van der Waals surface area contributed by atoms with Gasteiger partial charge in [-0.1, -0.05) is 17.7 Å². The number of hydrogen-bond acceptors (Lipinski definition) is 3. The zero-order chi connectivity index (χ0) is 15.6. The molecule has 6 heteroatoms. The predicted octanol–water partition coefficient (Wildman–Crippen LogP) is 3.61. The summed E-state index contributed by atoms with van der Waals surface area (Å²) in [6.07, 6.45) is 0.798.